The number of alkyl halides is 3. The van der Waals surface area contributed by atoms with Crippen LogP contribution in [-0.4, -0.2) is 77.7 Å². The van der Waals surface area contributed by atoms with E-state index in [-0.39, 0.29) is 5.92 Å². The lowest BCUT2D eigenvalue weighted by atomic mass is 10.0. The van der Waals surface area contributed by atoms with E-state index in [1.807, 2.05) is 13.3 Å². The smallest absolute Gasteiger partial charge is 0.475 e. The molecular weight excluding hydrogens is 429 g/mol. The van der Waals surface area contributed by atoms with Crippen molar-refractivity contribution in [2.24, 2.45) is 5.92 Å². The molecule has 1 fully saturated rings. The number of carboxylic acids is 1. The summed E-state index contributed by atoms with van der Waals surface area (Å²) < 4.78 is 67.3. The van der Waals surface area contributed by atoms with Gasteiger partial charge in [-0.2, -0.15) is 30.2 Å². The van der Waals surface area contributed by atoms with Crippen LogP contribution in [0.25, 0.3) is 0 Å². The minimum absolute atomic E-state index is 0.0367. The van der Waals surface area contributed by atoms with Crippen molar-refractivity contribution in [3.8, 4) is 0 Å². The third-order valence-corrected chi connectivity index (χ3v) is 6.65. The van der Waals surface area contributed by atoms with Gasteiger partial charge < -0.3 is 14.4 Å². The van der Waals surface area contributed by atoms with Gasteiger partial charge in [0.25, 0.3) is 10.2 Å². The van der Waals surface area contributed by atoms with Gasteiger partial charge in [0.1, 0.15) is 0 Å². The molecule has 2 aliphatic rings. The Morgan fingerprint density at radius 3 is 2.43 bits per heavy atom. The summed E-state index contributed by atoms with van der Waals surface area (Å²) in [7, 11) is -0.313. The van der Waals surface area contributed by atoms with E-state index in [1.54, 1.807) is 14.1 Å². The molecule has 0 amide bonds. The number of halogens is 3. The zero-order valence-corrected chi connectivity index (χ0v) is 17.9. The molecule has 0 radical (unpaired) electrons. The van der Waals surface area contributed by atoms with Crippen LogP contribution < -0.4 is 0 Å². The Morgan fingerprint density at radius 1 is 1.37 bits per heavy atom. The van der Waals surface area contributed by atoms with Crippen LogP contribution in [0.5, 0.6) is 0 Å². The van der Waals surface area contributed by atoms with E-state index in [1.165, 1.54) is 21.5 Å². The van der Waals surface area contributed by atoms with Crippen LogP contribution in [0.4, 0.5) is 13.2 Å². The number of imidazole rings is 1. The number of carbonyl (C=O) groups is 1. The van der Waals surface area contributed by atoms with Crippen molar-refractivity contribution in [3.63, 3.8) is 0 Å². The number of rotatable bonds is 7. The standard InChI is InChI=1S/C15H26N4O3S.C2HF3O2/c1-4-22-10-13-8-19(23(20,21)17(2)3)9-14-15(13)18(11-16-14)7-12-5-6-12;3-2(4,5)1(6)7/h11-13H,4-10H2,1-3H3;(H,6,7). The zero-order chi connectivity index (χ0) is 22.7. The third-order valence-electron chi connectivity index (χ3n) is 4.80. The maximum absolute atomic E-state index is 12.5. The fourth-order valence-corrected chi connectivity index (χ4v) is 4.23. The first-order valence-corrected chi connectivity index (χ1v) is 10.9. The van der Waals surface area contributed by atoms with E-state index in [0.717, 1.165) is 23.9 Å². The normalized spacial score (nSPS) is 19.9. The summed E-state index contributed by atoms with van der Waals surface area (Å²) in [5.41, 5.74) is 2.03. The molecular formula is C17H27F3N4O5S. The zero-order valence-electron chi connectivity index (χ0n) is 17.1. The molecule has 0 aromatic carbocycles. The molecule has 9 nitrogen and oxygen atoms in total. The van der Waals surface area contributed by atoms with Crippen LogP contribution >= 0.6 is 0 Å². The van der Waals surface area contributed by atoms with Crippen LogP contribution in [0.1, 0.15) is 37.1 Å². The fourth-order valence-electron chi connectivity index (χ4n) is 3.11. The monoisotopic (exact) mass is 456 g/mol. The number of nitrogens with zero attached hydrogens (tertiary/aromatic N) is 4. The average molecular weight is 456 g/mol. The molecule has 2 heterocycles. The highest BCUT2D eigenvalue weighted by molar-refractivity contribution is 7.86. The van der Waals surface area contributed by atoms with Crippen molar-refractivity contribution in [2.75, 3.05) is 33.9 Å². The molecule has 0 spiro atoms. The highest BCUT2D eigenvalue weighted by Gasteiger charge is 2.38. The third kappa shape index (κ3) is 6.15. The molecule has 1 aromatic heterocycles. The molecule has 3 rings (SSSR count). The SMILES string of the molecule is CCOCC1CN(S(=O)(=O)N(C)C)Cc2ncn(CC3CC3)c21.O=C(O)C(F)(F)F. The Balaban J connectivity index is 0.000000396. The fraction of sp³-hybridized carbons (Fsp3) is 0.765. The van der Waals surface area contributed by atoms with Crippen molar-refractivity contribution >= 4 is 16.2 Å². The summed E-state index contributed by atoms with van der Waals surface area (Å²) in [6.07, 6.45) is -0.651. The molecule has 13 heteroatoms. The number of ether oxygens (including phenoxy) is 1. The van der Waals surface area contributed by atoms with E-state index < -0.39 is 22.4 Å². The van der Waals surface area contributed by atoms with Gasteiger partial charge in [-0.1, -0.05) is 0 Å². The number of hydrogen-bond acceptors (Lipinski definition) is 5. The summed E-state index contributed by atoms with van der Waals surface area (Å²) >= 11 is 0. The lowest BCUT2D eigenvalue weighted by Gasteiger charge is -2.33. The van der Waals surface area contributed by atoms with E-state index in [2.05, 4.69) is 9.55 Å². The molecule has 1 aromatic rings. The van der Waals surface area contributed by atoms with Gasteiger partial charge in [-0.3, -0.25) is 0 Å². The molecule has 30 heavy (non-hydrogen) atoms. The Kier molecular flexibility index (Phi) is 7.88. The summed E-state index contributed by atoms with van der Waals surface area (Å²) in [4.78, 5) is 13.4. The highest BCUT2D eigenvalue weighted by atomic mass is 32.2. The van der Waals surface area contributed by atoms with Gasteiger partial charge in [-0.15, -0.1) is 0 Å². The molecule has 1 saturated carbocycles. The van der Waals surface area contributed by atoms with Gasteiger partial charge in [0.05, 0.1) is 25.2 Å². The molecule has 172 valence electrons. The van der Waals surface area contributed by atoms with E-state index in [4.69, 9.17) is 14.6 Å². The molecule has 1 N–H and O–H groups in total. The number of aromatic nitrogens is 2. The van der Waals surface area contributed by atoms with Gasteiger partial charge in [0.15, 0.2) is 0 Å². The van der Waals surface area contributed by atoms with Crippen molar-refractivity contribution in [1.29, 1.82) is 0 Å². The predicted molar refractivity (Wildman–Crippen MR) is 101 cm³/mol. The Labute approximate surface area is 173 Å². The Morgan fingerprint density at radius 2 is 1.97 bits per heavy atom. The van der Waals surface area contributed by atoms with Gasteiger partial charge in [0, 0.05) is 45.4 Å². The second-order valence-corrected chi connectivity index (χ2v) is 9.56. The molecule has 1 unspecified atom stereocenters. The van der Waals surface area contributed by atoms with E-state index >= 15 is 0 Å². The van der Waals surface area contributed by atoms with Crippen molar-refractivity contribution in [3.05, 3.63) is 17.7 Å². The minimum Gasteiger partial charge on any atom is -0.475 e. The molecule has 1 atom stereocenters. The van der Waals surface area contributed by atoms with Crippen molar-refractivity contribution < 1.29 is 36.2 Å². The van der Waals surface area contributed by atoms with Gasteiger partial charge in [-0.25, -0.2) is 9.78 Å². The second-order valence-electron chi connectivity index (χ2n) is 7.41. The Bertz CT molecular complexity index is 837. The predicted octanol–water partition coefficient (Wildman–Crippen LogP) is 1.67. The van der Waals surface area contributed by atoms with Gasteiger partial charge in [-0.05, 0) is 25.7 Å². The number of aliphatic carboxylic acids is 1. The van der Waals surface area contributed by atoms with Crippen molar-refractivity contribution in [2.45, 2.75) is 44.9 Å². The quantitative estimate of drug-likeness (QED) is 0.669. The maximum Gasteiger partial charge on any atom is 0.490 e. The molecule has 1 aliphatic carbocycles. The summed E-state index contributed by atoms with van der Waals surface area (Å²) in [6.45, 7) is 4.90. The van der Waals surface area contributed by atoms with Gasteiger partial charge >= 0.3 is 12.1 Å². The van der Waals surface area contributed by atoms with Crippen LogP contribution in [0.15, 0.2) is 6.33 Å². The highest BCUT2D eigenvalue weighted by Crippen LogP contribution is 2.35. The van der Waals surface area contributed by atoms with E-state index in [9.17, 15) is 21.6 Å². The van der Waals surface area contributed by atoms with Gasteiger partial charge in [0.2, 0.25) is 0 Å². The molecule has 0 saturated heterocycles. The van der Waals surface area contributed by atoms with E-state index in [0.29, 0.717) is 26.3 Å². The summed E-state index contributed by atoms with van der Waals surface area (Å²) in [6, 6.07) is 0. The van der Waals surface area contributed by atoms with Crippen LogP contribution in [0.3, 0.4) is 0 Å². The maximum atomic E-state index is 12.5. The number of fused-ring (bicyclic) bond motifs is 1. The first-order valence-electron chi connectivity index (χ1n) is 9.47. The first kappa shape index (κ1) is 24.6. The second kappa shape index (κ2) is 9.62. The lowest BCUT2D eigenvalue weighted by Crippen LogP contribution is -2.45. The number of carboxylic acid groups (broad SMARTS) is 1. The summed E-state index contributed by atoms with van der Waals surface area (Å²) in [5, 5.41) is 7.12. The number of hydrogen-bond donors (Lipinski definition) is 1. The van der Waals surface area contributed by atoms with Crippen LogP contribution in [-0.2, 0) is 32.8 Å². The van der Waals surface area contributed by atoms with Crippen LogP contribution in [0.2, 0.25) is 0 Å². The average Bonchev–Trinajstić information content (AvgIpc) is 3.37. The van der Waals surface area contributed by atoms with Crippen molar-refractivity contribution in [1.82, 2.24) is 18.2 Å². The largest absolute Gasteiger partial charge is 0.490 e. The minimum atomic E-state index is -5.08. The molecule has 1 aliphatic heterocycles. The first-order chi connectivity index (χ1) is 13.9. The van der Waals surface area contributed by atoms with Crippen LogP contribution in [0, 0.1) is 5.92 Å². The summed E-state index contributed by atoms with van der Waals surface area (Å²) in [5.74, 6) is -1.97. The lowest BCUT2D eigenvalue weighted by molar-refractivity contribution is -0.192. The molecule has 0 bridgehead atoms. The topological polar surface area (TPSA) is 105 Å². The Hall–Kier alpha value is -1.70.